The number of rotatable bonds is 6. The number of hydrogen-bond donors (Lipinski definition) is 1. The van der Waals surface area contributed by atoms with E-state index in [0.717, 1.165) is 31.4 Å². The Kier molecular flexibility index (Phi) is 4.57. The predicted octanol–water partition coefficient (Wildman–Crippen LogP) is 1.33. The first-order chi connectivity index (χ1) is 9.27. The zero-order valence-corrected chi connectivity index (χ0v) is 11.1. The fourth-order valence-corrected chi connectivity index (χ4v) is 2.20. The van der Waals surface area contributed by atoms with Crippen molar-refractivity contribution >= 4 is 17.4 Å². The lowest BCUT2D eigenvalue weighted by atomic mass is 9.95. The van der Waals surface area contributed by atoms with Crippen LogP contribution in [-0.2, 0) is 4.79 Å². The summed E-state index contributed by atoms with van der Waals surface area (Å²) in [6.45, 7) is 2.68. The molecule has 1 atom stereocenters. The topological polar surface area (TPSA) is 84.5 Å². The average Bonchev–Trinajstić information content (AvgIpc) is 2.75. The Morgan fingerprint density at radius 2 is 2.32 bits per heavy atom. The van der Waals surface area contributed by atoms with Crippen molar-refractivity contribution in [1.29, 1.82) is 0 Å². The highest BCUT2D eigenvalue weighted by Gasteiger charge is 2.35. The molecule has 2 N–H and O–H groups in total. The van der Waals surface area contributed by atoms with Crippen LogP contribution in [0.3, 0.4) is 0 Å². The number of anilines is 1. The Balaban J connectivity index is 2.20. The van der Waals surface area contributed by atoms with Gasteiger partial charge in [-0.15, -0.1) is 0 Å². The highest BCUT2D eigenvalue weighted by molar-refractivity contribution is 6.15. The third-order valence-electron chi connectivity index (χ3n) is 3.12. The van der Waals surface area contributed by atoms with E-state index >= 15 is 0 Å². The summed E-state index contributed by atoms with van der Waals surface area (Å²) in [5, 5.41) is 5.83. The third kappa shape index (κ3) is 2.96. The molecule has 0 aromatic carbocycles. The van der Waals surface area contributed by atoms with E-state index in [4.69, 9.17) is 5.73 Å². The number of amides is 1. The molecule has 1 aliphatic heterocycles. The van der Waals surface area contributed by atoms with Crippen molar-refractivity contribution in [3.8, 4) is 0 Å². The second kappa shape index (κ2) is 6.38. The van der Waals surface area contributed by atoms with Crippen LogP contribution in [0.4, 0.5) is 5.82 Å². The molecule has 1 aromatic heterocycles. The van der Waals surface area contributed by atoms with Crippen LogP contribution in [0.5, 0.6) is 0 Å². The first-order valence-electron chi connectivity index (χ1n) is 6.65. The molecule has 0 aliphatic carbocycles. The molecule has 0 saturated carbocycles. The summed E-state index contributed by atoms with van der Waals surface area (Å²) in [5.41, 5.74) is 6.48. The van der Waals surface area contributed by atoms with E-state index in [-0.39, 0.29) is 11.8 Å². The van der Waals surface area contributed by atoms with E-state index in [9.17, 15) is 4.79 Å². The zero-order valence-electron chi connectivity index (χ0n) is 11.1. The molecule has 0 radical (unpaired) electrons. The number of hydrazone groups is 1. The van der Waals surface area contributed by atoms with Crippen molar-refractivity contribution in [2.24, 2.45) is 16.8 Å². The van der Waals surface area contributed by atoms with Crippen LogP contribution < -0.4 is 10.7 Å². The molecule has 1 aliphatic rings. The van der Waals surface area contributed by atoms with Crippen LogP contribution in [0.15, 0.2) is 23.7 Å². The molecule has 102 valence electrons. The standard InChI is InChI=1S/C13H19N5O/c1-2-4-11-10(5-3-7-14)13(19)18(17-11)12-6-8-15-9-16-12/h6,8-10H,2-5,7,14H2,1H3. The normalized spacial score (nSPS) is 18.8. The quantitative estimate of drug-likeness (QED) is 0.837. The van der Waals surface area contributed by atoms with Crippen LogP contribution >= 0.6 is 0 Å². The second-order valence-corrected chi connectivity index (χ2v) is 4.54. The molecule has 1 aromatic rings. The first kappa shape index (κ1) is 13.6. The Labute approximate surface area is 112 Å². The van der Waals surface area contributed by atoms with Crippen molar-refractivity contribution in [1.82, 2.24) is 9.97 Å². The van der Waals surface area contributed by atoms with Crippen LogP contribution in [0, 0.1) is 5.92 Å². The number of hydrogen-bond acceptors (Lipinski definition) is 5. The molecular weight excluding hydrogens is 242 g/mol. The van der Waals surface area contributed by atoms with Gasteiger partial charge in [-0.3, -0.25) is 4.79 Å². The molecule has 1 amide bonds. The molecule has 6 nitrogen and oxygen atoms in total. The molecule has 1 unspecified atom stereocenters. The van der Waals surface area contributed by atoms with Gasteiger partial charge >= 0.3 is 0 Å². The van der Waals surface area contributed by atoms with Crippen LogP contribution in [0.1, 0.15) is 32.6 Å². The maximum absolute atomic E-state index is 12.4. The lowest BCUT2D eigenvalue weighted by Gasteiger charge is -2.12. The molecule has 6 heteroatoms. The van der Waals surface area contributed by atoms with Gasteiger partial charge in [0.2, 0.25) is 0 Å². The van der Waals surface area contributed by atoms with E-state index in [1.54, 1.807) is 12.3 Å². The summed E-state index contributed by atoms with van der Waals surface area (Å²) in [6.07, 6.45) is 6.43. The summed E-state index contributed by atoms with van der Waals surface area (Å²) in [7, 11) is 0. The van der Waals surface area contributed by atoms with Gasteiger partial charge in [-0.1, -0.05) is 13.3 Å². The molecular formula is C13H19N5O. The molecule has 19 heavy (non-hydrogen) atoms. The van der Waals surface area contributed by atoms with Crippen LogP contribution in [-0.4, -0.2) is 28.1 Å². The summed E-state index contributed by atoms with van der Waals surface area (Å²) in [5.74, 6) is 0.387. The third-order valence-corrected chi connectivity index (χ3v) is 3.12. The maximum atomic E-state index is 12.4. The highest BCUT2D eigenvalue weighted by atomic mass is 16.2. The molecule has 0 bridgehead atoms. The van der Waals surface area contributed by atoms with E-state index in [1.807, 2.05) is 0 Å². The van der Waals surface area contributed by atoms with Crippen LogP contribution in [0.25, 0.3) is 0 Å². The van der Waals surface area contributed by atoms with E-state index < -0.39 is 0 Å². The fraction of sp³-hybridized carbons (Fsp3) is 0.538. The van der Waals surface area contributed by atoms with Gasteiger partial charge in [0.1, 0.15) is 6.33 Å². The average molecular weight is 261 g/mol. The number of nitrogens with two attached hydrogens (primary N) is 1. The van der Waals surface area contributed by atoms with Gasteiger partial charge in [-0.25, -0.2) is 9.97 Å². The zero-order chi connectivity index (χ0) is 13.7. The van der Waals surface area contributed by atoms with Gasteiger partial charge in [0.25, 0.3) is 5.91 Å². The predicted molar refractivity (Wildman–Crippen MR) is 73.6 cm³/mol. The number of carbonyl (C=O) groups is 1. The van der Waals surface area contributed by atoms with E-state index in [0.29, 0.717) is 12.4 Å². The van der Waals surface area contributed by atoms with Crippen molar-refractivity contribution < 1.29 is 4.79 Å². The minimum Gasteiger partial charge on any atom is -0.330 e. The second-order valence-electron chi connectivity index (χ2n) is 4.54. The van der Waals surface area contributed by atoms with Gasteiger partial charge in [-0.2, -0.15) is 10.1 Å². The number of carbonyl (C=O) groups excluding carboxylic acids is 1. The summed E-state index contributed by atoms with van der Waals surface area (Å²) >= 11 is 0. The molecule has 0 spiro atoms. The van der Waals surface area contributed by atoms with Crippen molar-refractivity contribution in [3.63, 3.8) is 0 Å². The Hall–Kier alpha value is -1.82. The van der Waals surface area contributed by atoms with Gasteiger partial charge < -0.3 is 5.73 Å². The molecule has 0 saturated heterocycles. The minimum absolute atomic E-state index is 0.00407. The summed E-state index contributed by atoms with van der Waals surface area (Å²) in [4.78, 5) is 20.3. The highest BCUT2D eigenvalue weighted by Crippen LogP contribution is 2.26. The van der Waals surface area contributed by atoms with Gasteiger partial charge in [0, 0.05) is 12.3 Å². The van der Waals surface area contributed by atoms with E-state index in [1.165, 1.54) is 11.3 Å². The minimum atomic E-state index is -0.140. The van der Waals surface area contributed by atoms with Gasteiger partial charge in [-0.05, 0) is 25.8 Å². The largest absolute Gasteiger partial charge is 0.330 e. The van der Waals surface area contributed by atoms with Crippen molar-refractivity contribution in [2.75, 3.05) is 11.6 Å². The monoisotopic (exact) mass is 261 g/mol. The lowest BCUT2D eigenvalue weighted by Crippen LogP contribution is -2.28. The number of aromatic nitrogens is 2. The van der Waals surface area contributed by atoms with Crippen molar-refractivity contribution in [3.05, 3.63) is 18.6 Å². The maximum Gasteiger partial charge on any atom is 0.257 e. The first-order valence-corrected chi connectivity index (χ1v) is 6.65. The van der Waals surface area contributed by atoms with Crippen LogP contribution in [0.2, 0.25) is 0 Å². The Bertz CT molecular complexity index is 459. The molecule has 2 heterocycles. The summed E-state index contributed by atoms with van der Waals surface area (Å²) < 4.78 is 0. The molecule has 2 rings (SSSR count). The Morgan fingerprint density at radius 1 is 1.47 bits per heavy atom. The van der Waals surface area contributed by atoms with Crippen molar-refractivity contribution in [2.45, 2.75) is 32.6 Å². The molecule has 0 fully saturated rings. The van der Waals surface area contributed by atoms with E-state index in [2.05, 4.69) is 22.0 Å². The smallest absolute Gasteiger partial charge is 0.257 e. The number of nitrogens with zero attached hydrogens (tertiary/aromatic N) is 4. The lowest BCUT2D eigenvalue weighted by molar-refractivity contribution is -0.120. The van der Waals surface area contributed by atoms with Gasteiger partial charge in [0.15, 0.2) is 5.82 Å². The summed E-state index contributed by atoms with van der Waals surface area (Å²) in [6, 6.07) is 1.69. The SMILES string of the molecule is CCCC1=NN(c2ccncn2)C(=O)C1CCCN. The Morgan fingerprint density at radius 3 is 2.95 bits per heavy atom. The fourth-order valence-electron chi connectivity index (χ4n) is 2.20. The van der Waals surface area contributed by atoms with Gasteiger partial charge in [0.05, 0.1) is 11.6 Å².